The van der Waals surface area contributed by atoms with Crippen molar-refractivity contribution < 1.29 is 19.1 Å². The van der Waals surface area contributed by atoms with E-state index in [4.69, 9.17) is 16.3 Å². The monoisotopic (exact) mass is 409 g/mol. The van der Waals surface area contributed by atoms with Crippen LogP contribution in [0, 0.1) is 5.92 Å². The fourth-order valence-corrected chi connectivity index (χ4v) is 2.93. The molecule has 2 aromatic heterocycles. The SMILES string of the molecule is CC(C)[C@@H](NC(=O)c1cccs1)C(=O)O[C@@H](C)C(=O)Nc1cccnc1Cl. The highest BCUT2D eigenvalue weighted by atomic mass is 35.5. The van der Waals surface area contributed by atoms with Gasteiger partial charge in [0.15, 0.2) is 11.3 Å². The van der Waals surface area contributed by atoms with E-state index < -0.39 is 24.0 Å². The van der Waals surface area contributed by atoms with Crippen LogP contribution in [0.5, 0.6) is 0 Å². The first-order valence-electron chi connectivity index (χ1n) is 8.25. The van der Waals surface area contributed by atoms with Crippen molar-refractivity contribution in [2.45, 2.75) is 32.9 Å². The fraction of sp³-hybridized carbons (Fsp3) is 0.333. The molecule has 0 bridgehead atoms. The smallest absolute Gasteiger partial charge is 0.329 e. The molecule has 0 saturated heterocycles. The van der Waals surface area contributed by atoms with Crippen LogP contribution in [0.25, 0.3) is 0 Å². The third-order valence-electron chi connectivity index (χ3n) is 3.63. The van der Waals surface area contributed by atoms with Crippen molar-refractivity contribution in [1.29, 1.82) is 0 Å². The fourth-order valence-electron chi connectivity index (χ4n) is 2.13. The van der Waals surface area contributed by atoms with Crippen molar-refractivity contribution in [3.05, 3.63) is 45.9 Å². The van der Waals surface area contributed by atoms with E-state index in [1.807, 2.05) is 0 Å². The molecule has 0 saturated carbocycles. The molecule has 0 aromatic carbocycles. The number of nitrogens with one attached hydrogen (secondary N) is 2. The number of halogens is 1. The Kier molecular flexibility index (Phi) is 7.32. The molecule has 0 fully saturated rings. The van der Waals surface area contributed by atoms with Gasteiger partial charge >= 0.3 is 5.97 Å². The predicted octanol–water partition coefficient (Wildman–Crippen LogP) is 3.12. The molecule has 27 heavy (non-hydrogen) atoms. The molecule has 7 nitrogen and oxygen atoms in total. The van der Waals surface area contributed by atoms with Crippen molar-refractivity contribution in [2.24, 2.45) is 5.92 Å². The molecule has 144 valence electrons. The predicted molar refractivity (Wildman–Crippen MR) is 104 cm³/mol. The number of carbonyl (C=O) groups is 3. The Hall–Kier alpha value is -2.45. The third kappa shape index (κ3) is 5.77. The average molecular weight is 410 g/mol. The second kappa shape index (κ2) is 9.48. The van der Waals surface area contributed by atoms with Crippen LogP contribution in [0.4, 0.5) is 5.69 Å². The van der Waals surface area contributed by atoms with Crippen molar-refractivity contribution >= 4 is 46.4 Å². The number of ether oxygens (including phenoxy) is 1. The molecule has 0 radical (unpaired) electrons. The second-order valence-electron chi connectivity index (χ2n) is 6.08. The van der Waals surface area contributed by atoms with Crippen LogP contribution in [0.15, 0.2) is 35.8 Å². The number of hydrogen-bond acceptors (Lipinski definition) is 6. The quantitative estimate of drug-likeness (QED) is 0.541. The van der Waals surface area contributed by atoms with Crippen molar-refractivity contribution in [3.8, 4) is 0 Å². The summed E-state index contributed by atoms with van der Waals surface area (Å²) in [6.07, 6.45) is 0.416. The van der Waals surface area contributed by atoms with Gasteiger partial charge in [-0.1, -0.05) is 31.5 Å². The summed E-state index contributed by atoms with van der Waals surface area (Å²) in [4.78, 5) is 41.3. The van der Waals surface area contributed by atoms with Crippen molar-refractivity contribution in [1.82, 2.24) is 10.3 Å². The van der Waals surface area contributed by atoms with Gasteiger partial charge in [-0.25, -0.2) is 9.78 Å². The van der Waals surface area contributed by atoms with Crippen LogP contribution in [-0.2, 0) is 14.3 Å². The largest absolute Gasteiger partial charge is 0.451 e. The van der Waals surface area contributed by atoms with Crippen LogP contribution < -0.4 is 10.6 Å². The Balaban J connectivity index is 1.98. The molecule has 9 heteroatoms. The Morgan fingerprint density at radius 1 is 1.19 bits per heavy atom. The van der Waals surface area contributed by atoms with Crippen molar-refractivity contribution in [2.75, 3.05) is 5.32 Å². The molecule has 0 aliphatic carbocycles. The number of pyridine rings is 1. The van der Waals surface area contributed by atoms with Gasteiger partial charge < -0.3 is 15.4 Å². The zero-order valence-corrected chi connectivity index (χ0v) is 16.6. The van der Waals surface area contributed by atoms with E-state index in [1.54, 1.807) is 43.5 Å². The van der Waals surface area contributed by atoms with Crippen LogP contribution in [0.3, 0.4) is 0 Å². The summed E-state index contributed by atoms with van der Waals surface area (Å²) in [5.74, 6) is -1.82. The number of carbonyl (C=O) groups excluding carboxylic acids is 3. The molecular formula is C18H20ClN3O4S. The highest BCUT2D eigenvalue weighted by Crippen LogP contribution is 2.18. The lowest BCUT2D eigenvalue weighted by Crippen LogP contribution is -2.47. The van der Waals surface area contributed by atoms with Gasteiger partial charge in [0.1, 0.15) is 6.04 Å². The summed E-state index contributed by atoms with van der Waals surface area (Å²) in [5.41, 5.74) is 0.318. The molecule has 0 unspecified atom stereocenters. The molecule has 2 rings (SSSR count). The summed E-state index contributed by atoms with van der Waals surface area (Å²) in [6.45, 7) is 5.00. The zero-order valence-electron chi connectivity index (χ0n) is 15.1. The summed E-state index contributed by atoms with van der Waals surface area (Å²) in [7, 11) is 0. The lowest BCUT2D eigenvalue weighted by atomic mass is 10.0. The minimum atomic E-state index is -1.08. The first-order chi connectivity index (χ1) is 12.8. The van der Waals surface area contributed by atoms with E-state index in [0.717, 1.165) is 0 Å². The van der Waals surface area contributed by atoms with E-state index in [-0.39, 0.29) is 17.0 Å². The minimum absolute atomic E-state index is 0.132. The molecule has 2 atom stereocenters. The minimum Gasteiger partial charge on any atom is -0.451 e. The van der Waals surface area contributed by atoms with Gasteiger partial charge in [0.25, 0.3) is 11.8 Å². The first kappa shape index (κ1) is 20.9. The molecule has 2 aromatic rings. The second-order valence-corrected chi connectivity index (χ2v) is 7.39. The lowest BCUT2D eigenvalue weighted by Gasteiger charge is -2.22. The Morgan fingerprint density at radius 3 is 2.52 bits per heavy atom. The van der Waals surface area contributed by atoms with Crippen LogP contribution in [-0.4, -0.2) is 34.9 Å². The lowest BCUT2D eigenvalue weighted by molar-refractivity contribution is -0.156. The summed E-state index contributed by atoms with van der Waals surface area (Å²) in [5, 5.41) is 7.11. The Labute approximate surface area is 166 Å². The number of anilines is 1. The van der Waals surface area contributed by atoms with E-state index in [2.05, 4.69) is 15.6 Å². The molecule has 0 aliphatic rings. The van der Waals surface area contributed by atoms with Crippen LogP contribution in [0.2, 0.25) is 5.15 Å². The van der Waals surface area contributed by atoms with Crippen LogP contribution >= 0.6 is 22.9 Å². The molecule has 0 aliphatic heterocycles. The number of esters is 1. The number of nitrogens with zero attached hydrogens (tertiary/aromatic N) is 1. The highest BCUT2D eigenvalue weighted by Gasteiger charge is 2.29. The number of rotatable bonds is 7. The topological polar surface area (TPSA) is 97.4 Å². The van der Waals surface area contributed by atoms with Crippen LogP contribution in [0.1, 0.15) is 30.4 Å². The van der Waals surface area contributed by atoms with Gasteiger partial charge in [-0.05, 0) is 36.4 Å². The van der Waals surface area contributed by atoms with Gasteiger partial charge in [-0.3, -0.25) is 9.59 Å². The third-order valence-corrected chi connectivity index (χ3v) is 4.80. The van der Waals surface area contributed by atoms with E-state index in [1.165, 1.54) is 24.5 Å². The maximum Gasteiger partial charge on any atom is 0.329 e. The van der Waals surface area contributed by atoms with Gasteiger partial charge in [-0.15, -0.1) is 11.3 Å². The normalized spacial score (nSPS) is 12.9. The maximum absolute atomic E-state index is 12.5. The number of hydrogen-bond donors (Lipinski definition) is 2. The summed E-state index contributed by atoms with van der Waals surface area (Å²) >= 11 is 7.17. The highest BCUT2D eigenvalue weighted by molar-refractivity contribution is 7.12. The van der Waals surface area contributed by atoms with Crippen molar-refractivity contribution in [3.63, 3.8) is 0 Å². The van der Waals surface area contributed by atoms with E-state index in [0.29, 0.717) is 10.6 Å². The van der Waals surface area contributed by atoms with E-state index >= 15 is 0 Å². The van der Waals surface area contributed by atoms with Gasteiger partial charge in [0, 0.05) is 6.20 Å². The Bertz CT molecular complexity index is 811. The zero-order chi connectivity index (χ0) is 20.0. The van der Waals surface area contributed by atoms with Gasteiger partial charge in [-0.2, -0.15) is 0 Å². The number of thiophene rings is 1. The number of amides is 2. The Morgan fingerprint density at radius 2 is 1.93 bits per heavy atom. The molecule has 2 N–H and O–H groups in total. The standard InChI is InChI=1S/C18H20ClN3O4S/c1-10(2)14(22-17(24)13-7-5-9-27-13)18(25)26-11(3)16(23)21-12-6-4-8-20-15(12)19/h4-11,14H,1-3H3,(H,21,23)(H,22,24)/t11-,14+/m0/s1. The van der Waals surface area contributed by atoms with E-state index in [9.17, 15) is 14.4 Å². The van der Waals surface area contributed by atoms with Gasteiger partial charge in [0.2, 0.25) is 0 Å². The average Bonchev–Trinajstić information content (AvgIpc) is 3.15. The first-order valence-corrected chi connectivity index (χ1v) is 9.51. The summed E-state index contributed by atoms with van der Waals surface area (Å²) in [6, 6.07) is 5.73. The molecule has 2 amide bonds. The maximum atomic E-state index is 12.5. The van der Waals surface area contributed by atoms with Gasteiger partial charge in [0.05, 0.1) is 10.6 Å². The molecule has 2 heterocycles. The summed E-state index contributed by atoms with van der Waals surface area (Å²) < 4.78 is 5.24. The molecule has 0 spiro atoms. The number of aromatic nitrogens is 1. The molecular weight excluding hydrogens is 390 g/mol.